The average Bonchev–Trinajstić information content (AvgIpc) is 3.70. The molecule has 43 heavy (non-hydrogen) atoms. The number of nitrogen functional groups attached to an aromatic ring is 1. The molecule has 0 spiro atoms. The molecule has 1 aromatic heterocycles. The summed E-state index contributed by atoms with van der Waals surface area (Å²) in [6.07, 6.45) is 0.906. The Hall–Kier alpha value is -4.10. The number of carbonyl (C=O) groups excluding carboxylic acids is 4. The number of anilines is 1. The summed E-state index contributed by atoms with van der Waals surface area (Å²) in [5.74, 6) is -6.35. The molecule has 2 atom stereocenters. The number of rotatable bonds is 7. The van der Waals surface area contributed by atoms with Crippen molar-refractivity contribution in [3.8, 4) is 0 Å². The summed E-state index contributed by atoms with van der Waals surface area (Å²) in [4.78, 5) is 73.5. The first-order chi connectivity index (χ1) is 20.3. The van der Waals surface area contributed by atoms with Crippen LogP contribution in [0, 0.1) is 0 Å². The molecule has 4 aliphatic rings. The smallest absolute Gasteiger partial charge is 0.477 e. The second kappa shape index (κ2) is 11.9. The van der Waals surface area contributed by atoms with Gasteiger partial charge in [0.1, 0.15) is 22.8 Å². The van der Waals surface area contributed by atoms with E-state index in [-0.39, 0.29) is 33.8 Å². The molecule has 0 radical (unpaired) electrons. The van der Waals surface area contributed by atoms with Gasteiger partial charge in [-0.1, -0.05) is 11.2 Å². The molecule has 19 heteroatoms. The summed E-state index contributed by atoms with van der Waals surface area (Å²) < 4.78 is 37.8. The monoisotopic (exact) mass is 656 g/mol. The van der Waals surface area contributed by atoms with Gasteiger partial charge in [0.15, 0.2) is 10.8 Å². The van der Waals surface area contributed by atoms with E-state index in [1.54, 1.807) is 11.1 Å². The van der Waals surface area contributed by atoms with Crippen LogP contribution in [0.15, 0.2) is 56.0 Å². The van der Waals surface area contributed by atoms with Gasteiger partial charge in [0.25, 0.3) is 17.7 Å². The lowest BCUT2D eigenvalue weighted by atomic mass is 10.0. The molecular formula is C24H19F3N6O7S3. The van der Waals surface area contributed by atoms with Crippen LogP contribution in [-0.2, 0) is 28.8 Å². The number of likely N-dealkylation sites (tertiary alicyclic amines) is 1. The number of oxime groups is 1. The lowest BCUT2D eigenvalue weighted by molar-refractivity contribution is -0.199. The summed E-state index contributed by atoms with van der Waals surface area (Å²) in [5.41, 5.74) is 4.62. The predicted octanol–water partition coefficient (Wildman–Crippen LogP) is 1.92. The number of β-lactam (4-membered cyclic amide) rings is 1. The molecule has 2 fully saturated rings. The van der Waals surface area contributed by atoms with Gasteiger partial charge in [-0.2, -0.15) is 13.2 Å². The van der Waals surface area contributed by atoms with Crippen molar-refractivity contribution in [2.45, 2.75) is 30.4 Å². The van der Waals surface area contributed by atoms with Gasteiger partial charge >= 0.3 is 18.1 Å². The van der Waals surface area contributed by atoms with Crippen LogP contribution in [0.5, 0.6) is 0 Å². The van der Waals surface area contributed by atoms with E-state index in [0.717, 1.165) is 39.3 Å². The standard InChI is InChI=1S/C24H19F3N6O7S3/c25-24(26,27)22(39)40-31-14(13-9-43-23(28)29-13)17(34)30-15-19(36)33-16(21(37)38)11(8-42-20(15)33)6-10-3-4-32(18(10)35)7-12-2-1-5-41-12/h1,5-7,9,15,20H,2-4,8H2,(H2,28,29)(H,30,34)(H,37,38)/b10-6?,12-7+,31-14-/t15-,20-/m1/s1. The van der Waals surface area contributed by atoms with Crippen LogP contribution < -0.4 is 11.1 Å². The Morgan fingerprint density at radius 3 is 2.67 bits per heavy atom. The van der Waals surface area contributed by atoms with E-state index in [4.69, 9.17) is 5.73 Å². The Kier molecular flexibility index (Phi) is 8.39. The number of nitrogens with zero attached hydrogens (tertiary/aromatic N) is 4. The first-order valence-corrected chi connectivity index (χ1v) is 15.0. The fraction of sp³-hybridized carbons (Fsp3) is 0.292. The number of thiazole rings is 1. The Morgan fingerprint density at radius 1 is 1.28 bits per heavy atom. The first-order valence-electron chi connectivity index (χ1n) is 12.2. The second-order valence-electron chi connectivity index (χ2n) is 9.13. The summed E-state index contributed by atoms with van der Waals surface area (Å²) >= 11 is 3.45. The molecule has 1 aromatic rings. The number of halogens is 3. The van der Waals surface area contributed by atoms with Gasteiger partial charge in [-0.15, -0.1) is 34.9 Å². The number of fused-ring (bicyclic) bond motifs is 1. The summed E-state index contributed by atoms with van der Waals surface area (Å²) in [6, 6.07) is -1.30. The van der Waals surface area contributed by atoms with Gasteiger partial charge in [0.2, 0.25) is 0 Å². The molecule has 0 saturated carbocycles. The first kappa shape index (κ1) is 30.4. The minimum Gasteiger partial charge on any atom is -0.477 e. The molecule has 5 rings (SSSR count). The summed E-state index contributed by atoms with van der Waals surface area (Å²) in [5, 5.41) is 17.4. The van der Waals surface area contributed by atoms with Gasteiger partial charge in [-0.25, -0.2) is 14.6 Å². The van der Waals surface area contributed by atoms with Crippen molar-refractivity contribution >= 4 is 75.4 Å². The molecule has 0 aliphatic carbocycles. The van der Waals surface area contributed by atoms with E-state index in [9.17, 15) is 42.3 Å². The zero-order chi connectivity index (χ0) is 31.1. The SMILES string of the molecule is Nc1nc(/C(=N/OC(=O)C(F)(F)F)C(=O)N[C@@H]2C(=O)N3C(C(=O)O)=C(C=C4CCN(/C=C5\CC=CS5)C4=O)CS[C@H]23)cs1. The molecule has 13 nitrogen and oxygen atoms in total. The van der Waals surface area contributed by atoms with Crippen molar-refractivity contribution in [1.29, 1.82) is 0 Å². The quantitative estimate of drug-likeness (QED) is 0.128. The minimum atomic E-state index is -5.40. The van der Waals surface area contributed by atoms with Crippen molar-refractivity contribution in [2.24, 2.45) is 5.16 Å². The van der Waals surface area contributed by atoms with Gasteiger partial charge in [-0.3, -0.25) is 19.3 Å². The van der Waals surface area contributed by atoms with E-state index in [2.05, 4.69) is 20.3 Å². The number of carboxylic acid groups (broad SMARTS) is 1. The largest absolute Gasteiger partial charge is 0.493 e. The predicted molar refractivity (Wildman–Crippen MR) is 149 cm³/mol. The van der Waals surface area contributed by atoms with Gasteiger partial charge in [0.05, 0.1) is 0 Å². The molecule has 0 unspecified atom stereocenters. The fourth-order valence-corrected chi connectivity index (χ4v) is 7.01. The number of alkyl halides is 3. The molecular weight excluding hydrogens is 637 g/mol. The van der Waals surface area contributed by atoms with Crippen molar-refractivity contribution < 1.29 is 47.1 Å². The van der Waals surface area contributed by atoms with Crippen LogP contribution in [0.3, 0.4) is 0 Å². The highest BCUT2D eigenvalue weighted by atomic mass is 32.2. The highest BCUT2D eigenvalue weighted by molar-refractivity contribution is 8.06. The Bertz CT molecular complexity index is 1570. The minimum absolute atomic E-state index is 0.0702. The van der Waals surface area contributed by atoms with Gasteiger partial charge in [-0.05, 0) is 29.9 Å². The average molecular weight is 657 g/mol. The number of nitrogens with one attached hydrogen (secondary N) is 1. The van der Waals surface area contributed by atoms with Crippen molar-refractivity contribution in [2.75, 3.05) is 18.0 Å². The zero-order valence-corrected chi connectivity index (χ0v) is 23.9. The van der Waals surface area contributed by atoms with Crippen molar-refractivity contribution in [3.05, 3.63) is 56.6 Å². The highest BCUT2D eigenvalue weighted by Crippen LogP contribution is 2.41. The number of aliphatic carboxylic acids is 1. The summed E-state index contributed by atoms with van der Waals surface area (Å²) in [7, 11) is 0. The lowest BCUT2D eigenvalue weighted by Crippen LogP contribution is -2.71. The van der Waals surface area contributed by atoms with Crippen LogP contribution in [-0.4, -0.2) is 85.2 Å². The molecule has 4 N–H and O–H groups in total. The number of allylic oxidation sites excluding steroid dienone is 3. The lowest BCUT2D eigenvalue weighted by Gasteiger charge is -2.49. The topological polar surface area (TPSA) is 185 Å². The number of amides is 3. The number of aromatic nitrogens is 1. The number of hydrogen-bond donors (Lipinski definition) is 3. The maximum Gasteiger partial charge on any atom is 0.493 e. The molecule has 0 bridgehead atoms. The van der Waals surface area contributed by atoms with E-state index < -0.39 is 47.1 Å². The third-order valence-corrected chi connectivity index (χ3v) is 9.24. The van der Waals surface area contributed by atoms with E-state index in [0.29, 0.717) is 18.5 Å². The number of carbonyl (C=O) groups is 5. The van der Waals surface area contributed by atoms with Crippen LogP contribution >= 0.6 is 34.9 Å². The third-order valence-electron chi connectivity index (χ3n) is 6.36. The van der Waals surface area contributed by atoms with Crippen LogP contribution in [0.2, 0.25) is 0 Å². The number of carboxylic acids is 1. The highest BCUT2D eigenvalue weighted by Gasteiger charge is 2.54. The van der Waals surface area contributed by atoms with Crippen LogP contribution in [0.4, 0.5) is 18.3 Å². The van der Waals surface area contributed by atoms with Gasteiger partial charge < -0.3 is 25.9 Å². The Morgan fingerprint density at radius 2 is 2.05 bits per heavy atom. The zero-order valence-electron chi connectivity index (χ0n) is 21.5. The van der Waals surface area contributed by atoms with Crippen LogP contribution in [0.25, 0.3) is 0 Å². The molecule has 226 valence electrons. The number of thioether (sulfide) groups is 2. The third kappa shape index (κ3) is 6.18. The molecule has 4 aliphatic heterocycles. The second-order valence-corrected chi connectivity index (χ2v) is 12.2. The maximum absolute atomic E-state index is 13.1. The molecule has 3 amide bonds. The summed E-state index contributed by atoms with van der Waals surface area (Å²) in [6.45, 7) is 0.420. The molecule has 0 aromatic carbocycles. The van der Waals surface area contributed by atoms with E-state index in [1.807, 2.05) is 11.5 Å². The molecule has 2 saturated heterocycles. The van der Waals surface area contributed by atoms with E-state index >= 15 is 0 Å². The van der Waals surface area contributed by atoms with Gasteiger partial charge in [0, 0.05) is 34.4 Å². The van der Waals surface area contributed by atoms with Crippen molar-refractivity contribution in [3.63, 3.8) is 0 Å². The Balaban J connectivity index is 1.33. The number of hydrogen-bond acceptors (Lipinski definition) is 12. The normalized spacial score (nSPS) is 24.1. The van der Waals surface area contributed by atoms with Crippen LogP contribution in [0.1, 0.15) is 18.5 Å². The van der Waals surface area contributed by atoms with E-state index in [1.165, 1.54) is 23.2 Å². The maximum atomic E-state index is 13.1. The number of nitrogens with two attached hydrogens (primary N) is 1. The van der Waals surface area contributed by atoms with Crippen molar-refractivity contribution in [1.82, 2.24) is 20.1 Å². The Labute approximate surface area is 252 Å². The molecule has 5 heterocycles. The fourth-order valence-electron chi connectivity index (χ4n) is 4.41.